The Morgan fingerprint density at radius 2 is 1.69 bits per heavy atom. The van der Waals surface area contributed by atoms with Gasteiger partial charge in [0.25, 0.3) is 6.47 Å². The van der Waals surface area contributed by atoms with E-state index in [0.717, 1.165) is 0 Å². The first-order valence-electron chi connectivity index (χ1n) is 5.31. The van der Waals surface area contributed by atoms with Crippen LogP contribution in [0.15, 0.2) is 0 Å². The van der Waals surface area contributed by atoms with Crippen molar-refractivity contribution < 1.29 is 19.4 Å². The lowest BCUT2D eigenvalue weighted by Crippen LogP contribution is -2.21. The summed E-state index contributed by atoms with van der Waals surface area (Å²) in [6, 6.07) is 0. The average molecular weight is 233 g/mol. The van der Waals surface area contributed by atoms with Crippen molar-refractivity contribution in [1.29, 1.82) is 0 Å². The van der Waals surface area contributed by atoms with Crippen molar-refractivity contribution in [3.8, 4) is 0 Å². The van der Waals surface area contributed by atoms with E-state index in [1.807, 2.05) is 20.8 Å². The van der Waals surface area contributed by atoms with Crippen LogP contribution in [0.5, 0.6) is 0 Å². The summed E-state index contributed by atoms with van der Waals surface area (Å²) in [5, 5.41) is 10.1. The third kappa shape index (κ3) is 23.1. The van der Waals surface area contributed by atoms with Crippen LogP contribution in [0.2, 0.25) is 0 Å². The van der Waals surface area contributed by atoms with Crippen molar-refractivity contribution in [2.45, 2.75) is 46.1 Å². The van der Waals surface area contributed by atoms with Crippen molar-refractivity contribution in [3.05, 3.63) is 0 Å². The molecule has 0 aromatic carbocycles. The van der Waals surface area contributed by atoms with Gasteiger partial charge >= 0.3 is 5.97 Å². The molecule has 16 heavy (non-hydrogen) atoms. The Morgan fingerprint density at radius 3 is 1.75 bits per heavy atom. The molecule has 0 aromatic rings. The lowest BCUT2D eigenvalue weighted by Gasteiger charge is -2.17. The van der Waals surface area contributed by atoms with Crippen LogP contribution in [0.1, 0.15) is 40.5 Å². The number of esters is 1. The van der Waals surface area contributed by atoms with Gasteiger partial charge in [-0.1, -0.05) is 0 Å². The van der Waals surface area contributed by atoms with Gasteiger partial charge < -0.3 is 15.2 Å². The second-order valence-electron chi connectivity index (χ2n) is 4.27. The number of carbonyl (C=O) groups excluding carboxylic acids is 1. The number of rotatable bonds is 0. The van der Waals surface area contributed by atoms with Gasteiger partial charge in [-0.05, 0) is 46.7 Å². The zero-order chi connectivity index (χ0) is 13.0. The number of carboxylic acid groups (broad SMARTS) is 1. The van der Waals surface area contributed by atoms with E-state index in [1.54, 1.807) is 0 Å². The molecule has 0 saturated carbocycles. The SMILES string of the molecule is C1CCNC1.CC(=O)OC(C)(C)C.O=CO. The zero-order valence-corrected chi connectivity index (χ0v) is 10.6. The highest BCUT2D eigenvalue weighted by Gasteiger charge is 2.11. The molecule has 0 aromatic heterocycles. The molecule has 0 radical (unpaired) electrons. The Morgan fingerprint density at radius 1 is 1.31 bits per heavy atom. The third-order valence-electron chi connectivity index (χ3n) is 1.41. The maximum absolute atomic E-state index is 10.2. The Kier molecular flexibility index (Phi) is 11.3. The van der Waals surface area contributed by atoms with Crippen molar-refractivity contribution in [1.82, 2.24) is 5.32 Å². The summed E-state index contributed by atoms with van der Waals surface area (Å²) >= 11 is 0. The van der Waals surface area contributed by atoms with Gasteiger partial charge in [0.15, 0.2) is 0 Å². The topological polar surface area (TPSA) is 75.6 Å². The van der Waals surface area contributed by atoms with Crippen LogP contribution >= 0.6 is 0 Å². The molecule has 1 rings (SSSR count). The fraction of sp³-hybridized carbons (Fsp3) is 0.818. The molecule has 0 amide bonds. The zero-order valence-electron chi connectivity index (χ0n) is 10.6. The maximum atomic E-state index is 10.2. The number of nitrogens with one attached hydrogen (secondary N) is 1. The summed E-state index contributed by atoms with van der Waals surface area (Å²) in [5.74, 6) is -0.225. The summed E-state index contributed by atoms with van der Waals surface area (Å²) in [4.78, 5) is 18.6. The number of carbonyl (C=O) groups is 2. The van der Waals surface area contributed by atoms with Crippen LogP contribution in [-0.4, -0.2) is 36.2 Å². The molecule has 1 fully saturated rings. The largest absolute Gasteiger partial charge is 0.483 e. The van der Waals surface area contributed by atoms with E-state index in [1.165, 1.54) is 32.9 Å². The second kappa shape index (κ2) is 10.4. The lowest BCUT2D eigenvalue weighted by atomic mass is 10.2. The third-order valence-corrected chi connectivity index (χ3v) is 1.41. The Labute approximate surface area is 97.2 Å². The van der Waals surface area contributed by atoms with E-state index in [0.29, 0.717) is 0 Å². The first kappa shape index (κ1) is 17.3. The molecule has 0 bridgehead atoms. The predicted molar refractivity (Wildman–Crippen MR) is 62.3 cm³/mol. The van der Waals surface area contributed by atoms with Gasteiger partial charge in [0.05, 0.1) is 0 Å². The fourth-order valence-electron chi connectivity index (χ4n) is 1.06. The highest BCUT2D eigenvalue weighted by atomic mass is 16.6. The van der Waals surface area contributed by atoms with Crippen molar-refractivity contribution in [3.63, 3.8) is 0 Å². The molecular weight excluding hydrogens is 210 g/mol. The van der Waals surface area contributed by atoms with Crippen LogP contribution < -0.4 is 5.32 Å². The highest BCUT2D eigenvalue weighted by Crippen LogP contribution is 2.05. The summed E-state index contributed by atoms with van der Waals surface area (Å²) in [6.45, 7) is 9.18. The lowest BCUT2D eigenvalue weighted by molar-refractivity contribution is -0.151. The van der Waals surface area contributed by atoms with Crippen molar-refractivity contribution in [2.75, 3.05) is 13.1 Å². The minimum absolute atomic E-state index is 0.225. The summed E-state index contributed by atoms with van der Waals surface area (Å²) in [7, 11) is 0. The van der Waals surface area contributed by atoms with E-state index in [2.05, 4.69) is 5.32 Å². The number of hydrogen-bond acceptors (Lipinski definition) is 4. The fourth-order valence-corrected chi connectivity index (χ4v) is 1.06. The van der Waals surface area contributed by atoms with Gasteiger partial charge in [0, 0.05) is 6.92 Å². The maximum Gasteiger partial charge on any atom is 0.303 e. The Hall–Kier alpha value is -1.10. The summed E-state index contributed by atoms with van der Waals surface area (Å²) in [6.07, 6.45) is 2.78. The first-order chi connectivity index (χ1) is 7.33. The van der Waals surface area contributed by atoms with E-state index in [-0.39, 0.29) is 18.0 Å². The molecule has 0 spiro atoms. The van der Waals surface area contributed by atoms with Crippen LogP contribution in [0.4, 0.5) is 0 Å². The smallest absolute Gasteiger partial charge is 0.303 e. The van der Waals surface area contributed by atoms with E-state index >= 15 is 0 Å². The quantitative estimate of drug-likeness (QED) is 0.489. The average Bonchev–Trinajstić information content (AvgIpc) is 2.55. The molecule has 1 saturated heterocycles. The van der Waals surface area contributed by atoms with Crippen LogP contribution in [0.3, 0.4) is 0 Å². The normalized spacial score (nSPS) is 13.8. The van der Waals surface area contributed by atoms with Crippen LogP contribution in [0.25, 0.3) is 0 Å². The van der Waals surface area contributed by atoms with Gasteiger partial charge in [0.2, 0.25) is 0 Å². The first-order valence-corrected chi connectivity index (χ1v) is 5.31. The van der Waals surface area contributed by atoms with Gasteiger partial charge in [-0.15, -0.1) is 0 Å². The monoisotopic (exact) mass is 233 g/mol. The summed E-state index contributed by atoms with van der Waals surface area (Å²) < 4.78 is 4.80. The molecular formula is C11H23NO4. The Balaban J connectivity index is 0. The molecule has 1 heterocycles. The van der Waals surface area contributed by atoms with E-state index in [4.69, 9.17) is 14.6 Å². The Bertz CT molecular complexity index is 175. The van der Waals surface area contributed by atoms with Crippen LogP contribution in [-0.2, 0) is 14.3 Å². The molecule has 0 atom stereocenters. The van der Waals surface area contributed by atoms with Crippen molar-refractivity contribution >= 4 is 12.4 Å². The second-order valence-corrected chi connectivity index (χ2v) is 4.27. The van der Waals surface area contributed by atoms with Gasteiger partial charge in [-0.2, -0.15) is 0 Å². The predicted octanol–water partition coefficient (Wildman–Crippen LogP) is 1.42. The molecule has 0 unspecified atom stereocenters. The number of ether oxygens (including phenoxy) is 1. The standard InChI is InChI=1S/C6H12O2.C4H9N.CH2O2/c1-5(7)8-6(2,3)4;1-2-4-5-3-1;2-1-3/h1-4H3;5H,1-4H2;1H,(H,2,3). The number of hydrogen-bond donors (Lipinski definition) is 2. The molecule has 5 heteroatoms. The van der Waals surface area contributed by atoms with Crippen molar-refractivity contribution in [2.24, 2.45) is 0 Å². The minimum atomic E-state index is -0.328. The minimum Gasteiger partial charge on any atom is -0.483 e. The summed E-state index contributed by atoms with van der Waals surface area (Å²) in [5.41, 5.74) is -0.328. The highest BCUT2D eigenvalue weighted by molar-refractivity contribution is 5.66. The molecule has 1 aliphatic rings. The van der Waals surface area contributed by atoms with E-state index < -0.39 is 0 Å². The van der Waals surface area contributed by atoms with Gasteiger partial charge in [-0.3, -0.25) is 9.59 Å². The molecule has 5 nitrogen and oxygen atoms in total. The molecule has 96 valence electrons. The van der Waals surface area contributed by atoms with Gasteiger partial charge in [0.1, 0.15) is 5.60 Å². The van der Waals surface area contributed by atoms with Crippen LogP contribution in [0, 0.1) is 0 Å². The van der Waals surface area contributed by atoms with Gasteiger partial charge in [-0.25, -0.2) is 0 Å². The molecule has 1 aliphatic heterocycles. The molecule has 2 N–H and O–H groups in total. The molecule has 0 aliphatic carbocycles. The van der Waals surface area contributed by atoms with E-state index in [9.17, 15) is 4.79 Å².